The second-order valence-electron chi connectivity index (χ2n) is 2.70. The van der Waals surface area contributed by atoms with Crippen LogP contribution in [0.15, 0.2) is 23.7 Å². The number of thiophene rings is 1. The molecule has 0 saturated heterocycles. The van der Waals surface area contributed by atoms with Crippen molar-refractivity contribution in [3.05, 3.63) is 33.6 Å². The fraction of sp³-hybridized carbons (Fsp3) is 0.111. The Kier molecular flexibility index (Phi) is 2.60. The highest BCUT2D eigenvalue weighted by atomic mass is 32.1. The Labute approximate surface area is 89.4 Å². The molecule has 0 aliphatic carbocycles. The molecule has 3 nitrogen and oxygen atoms in total. The number of carbonyl (C=O) groups is 1. The smallest absolute Gasteiger partial charge is 0.285 e. The van der Waals surface area contributed by atoms with E-state index in [9.17, 15) is 4.79 Å². The second-order valence-corrected chi connectivity index (χ2v) is 4.88. The lowest BCUT2D eigenvalue weighted by Crippen LogP contribution is -2.09. The average molecular weight is 224 g/mol. The van der Waals surface area contributed by atoms with E-state index in [1.165, 1.54) is 16.2 Å². The number of anilines is 1. The van der Waals surface area contributed by atoms with Gasteiger partial charge >= 0.3 is 0 Å². The second kappa shape index (κ2) is 3.89. The van der Waals surface area contributed by atoms with Crippen LogP contribution in [0.25, 0.3) is 0 Å². The lowest BCUT2D eigenvalue weighted by molar-refractivity contribution is 0.102. The summed E-state index contributed by atoms with van der Waals surface area (Å²) >= 11 is 2.90. The quantitative estimate of drug-likeness (QED) is 0.852. The molecule has 2 aromatic heterocycles. The van der Waals surface area contributed by atoms with E-state index in [0.717, 1.165) is 5.00 Å². The predicted molar refractivity (Wildman–Crippen MR) is 59.1 cm³/mol. The van der Waals surface area contributed by atoms with Gasteiger partial charge in [-0.05, 0) is 19.1 Å². The molecule has 0 atom stereocenters. The summed E-state index contributed by atoms with van der Waals surface area (Å²) in [7, 11) is 0. The van der Waals surface area contributed by atoms with E-state index in [-0.39, 0.29) is 5.91 Å². The predicted octanol–water partition coefficient (Wildman–Crippen LogP) is 2.77. The zero-order valence-electron chi connectivity index (χ0n) is 7.48. The van der Waals surface area contributed by atoms with Gasteiger partial charge in [0.05, 0.1) is 5.00 Å². The average Bonchev–Trinajstić information content (AvgIpc) is 2.75. The zero-order valence-corrected chi connectivity index (χ0v) is 9.11. The first-order valence-corrected chi connectivity index (χ1v) is 5.72. The lowest BCUT2D eigenvalue weighted by Gasteiger charge is -1.97. The van der Waals surface area contributed by atoms with Crippen molar-refractivity contribution in [1.82, 2.24) is 4.98 Å². The number of aromatic nitrogens is 1. The molecular formula is C9H8N2OS2. The molecule has 2 aromatic rings. The van der Waals surface area contributed by atoms with Gasteiger partial charge in [-0.15, -0.1) is 22.7 Å². The summed E-state index contributed by atoms with van der Waals surface area (Å²) in [5.41, 5.74) is 0. The van der Waals surface area contributed by atoms with Crippen molar-refractivity contribution in [2.75, 3.05) is 5.32 Å². The molecule has 1 N–H and O–H groups in total. The molecule has 0 aromatic carbocycles. The van der Waals surface area contributed by atoms with Crippen molar-refractivity contribution < 1.29 is 4.79 Å². The number of carbonyl (C=O) groups excluding carboxylic acids is 1. The van der Waals surface area contributed by atoms with Crippen molar-refractivity contribution >= 4 is 33.6 Å². The van der Waals surface area contributed by atoms with Gasteiger partial charge in [-0.1, -0.05) is 0 Å². The molecule has 0 aliphatic heterocycles. The third kappa shape index (κ3) is 2.00. The summed E-state index contributed by atoms with van der Waals surface area (Å²) in [5.74, 6) is -0.137. The van der Waals surface area contributed by atoms with Gasteiger partial charge in [-0.25, -0.2) is 4.98 Å². The topological polar surface area (TPSA) is 42.0 Å². The van der Waals surface area contributed by atoms with Crippen LogP contribution in [-0.2, 0) is 0 Å². The van der Waals surface area contributed by atoms with E-state index < -0.39 is 0 Å². The highest BCUT2D eigenvalue weighted by molar-refractivity contribution is 7.16. The number of thiazole rings is 1. The third-order valence-electron chi connectivity index (χ3n) is 1.60. The third-order valence-corrected chi connectivity index (χ3v) is 3.29. The fourth-order valence-corrected chi connectivity index (χ4v) is 2.30. The SMILES string of the molecule is Cc1ccc(NC(=O)c2nccs2)s1. The summed E-state index contributed by atoms with van der Waals surface area (Å²) in [6.07, 6.45) is 1.62. The molecule has 0 spiro atoms. The van der Waals surface area contributed by atoms with Crippen LogP contribution in [0.5, 0.6) is 0 Å². The van der Waals surface area contributed by atoms with Crippen molar-refractivity contribution in [3.63, 3.8) is 0 Å². The van der Waals surface area contributed by atoms with E-state index in [1.54, 1.807) is 22.9 Å². The molecule has 0 fully saturated rings. The Bertz CT molecular complexity index is 433. The van der Waals surface area contributed by atoms with E-state index in [4.69, 9.17) is 0 Å². The molecule has 1 amide bonds. The van der Waals surface area contributed by atoms with Crippen LogP contribution < -0.4 is 5.32 Å². The lowest BCUT2D eigenvalue weighted by atomic mass is 10.5. The van der Waals surface area contributed by atoms with Crippen LogP contribution in [0, 0.1) is 6.92 Å². The van der Waals surface area contributed by atoms with Crippen LogP contribution in [-0.4, -0.2) is 10.9 Å². The van der Waals surface area contributed by atoms with Gasteiger partial charge in [0.25, 0.3) is 5.91 Å². The summed E-state index contributed by atoms with van der Waals surface area (Å²) in [6, 6.07) is 3.87. The van der Waals surface area contributed by atoms with Crippen LogP contribution in [0.3, 0.4) is 0 Å². The zero-order chi connectivity index (χ0) is 9.97. The van der Waals surface area contributed by atoms with Crippen molar-refractivity contribution in [1.29, 1.82) is 0 Å². The molecule has 0 unspecified atom stereocenters. The summed E-state index contributed by atoms with van der Waals surface area (Å²) < 4.78 is 0. The Morgan fingerprint density at radius 1 is 1.50 bits per heavy atom. The van der Waals surface area contributed by atoms with Gasteiger partial charge in [0, 0.05) is 16.5 Å². The van der Waals surface area contributed by atoms with Crippen LogP contribution in [0.1, 0.15) is 14.7 Å². The Hall–Kier alpha value is -1.20. The van der Waals surface area contributed by atoms with E-state index in [0.29, 0.717) is 5.01 Å². The maximum Gasteiger partial charge on any atom is 0.285 e. The summed E-state index contributed by atoms with van der Waals surface area (Å²) in [5, 5.41) is 5.94. The minimum atomic E-state index is -0.137. The van der Waals surface area contributed by atoms with Crippen molar-refractivity contribution in [2.24, 2.45) is 0 Å². The molecule has 2 rings (SSSR count). The number of aryl methyl sites for hydroxylation is 1. The van der Waals surface area contributed by atoms with E-state index >= 15 is 0 Å². The van der Waals surface area contributed by atoms with Crippen molar-refractivity contribution in [3.8, 4) is 0 Å². The number of nitrogens with zero attached hydrogens (tertiary/aromatic N) is 1. The molecule has 0 bridgehead atoms. The molecule has 0 radical (unpaired) electrons. The van der Waals surface area contributed by atoms with Gasteiger partial charge in [0.1, 0.15) is 0 Å². The van der Waals surface area contributed by atoms with Gasteiger partial charge in [-0.2, -0.15) is 0 Å². The number of hydrogen-bond acceptors (Lipinski definition) is 4. The first-order valence-electron chi connectivity index (χ1n) is 4.03. The molecular weight excluding hydrogens is 216 g/mol. The fourth-order valence-electron chi connectivity index (χ4n) is 1.00. The molecule has 2 heterocycles. The molecule has 72 valence electrons. The molecule has 0 saturated carbocycles. The first-order chi connectivity index (χ1) is 6.75. The molecule has 5 heteroatoms. The molecule has 0 aliphatic rings. The molecule has 14 heavy (non-hydrogen) atoms. The minimum absolute atomic E-state index is 0.137. The van der Waals surface area contributed by atoms with Crippen LogP contribution in [0.4, 0.5) is 5.00 Å². The van der Waals surface area contributed by atoms with Crippen LogP contribution in [0.2, 0.25) is 0 Å². The number of nitrogens with one attached hydrogen (secondary N) is 1. The monoisotopic (exact) mass is 224 g/mol. The Balaban J connectivity index is 2.09. The standard InChI is InChI=1S/C9H8N2OS2/c1-6-2-3-7(14-6)11-8(12)9-10-4-5-13-9/h2-5H,1H3,(H,11,12). The normalized spacial score (nSPS) is 10.1. The highest BCUT2D eigenvalue weighted by Crippen LogP contribution is 2.21. The van der Waals surface area contributed by atoms with Gasteiger partial charge < -0.3 is 5.32 Å². The van der Waals surface area contributed by atoms with Crippen LogP contribution >= 0.6 is 22.7 Å². The van der Waals surface area contributed by atoms with Gasteiger partial charge in [-0.3, -0.25) is 4.79 Å². The minimum Gasteiger partial charge on any atom is -0.311 e. The Morgan fingerprint density at radius 3 is 2.93 bits per heavy atom. The summed E-state index contributed by atoms with van der Waals surface area (Å²) in [4.78, 5) is 16.6. The largest absolute Gasteiger partial charge is 0.311 e. The first kappa shape index (κ1) is 9.36. The Morgan fingerprint density at radius 2 is 2.36 bits per heavy atom. The maximum absolute atomic E-state index is 11.5. The highest BCUT2D eigenvalue weighted by Gasteiger charge is 2.08. The van der Waals surface area contributed by atoms with Gasteiger partial charge in [0.2, 0.25) is 0 Å². The van der Waals surface area contributed by atoms with Gasteiger partial charge in [0.15, 0.2) is 5.01 Å². The number of amides is 1. The summed E-state index contributed by atoms with van der Waals surface area (Å²) in [6.45, 7) is 2.00. The van der Waals surface area contributed by atoms with E-state index in [2.05, 4.69) is 10.3 Å². The number of hydrogen-bond donors (Lipinski definition) is 1. The maximum atomic E-state index is 11.5. The number of rotatable bonds is 2. The van der Waals surface area contributed by atoms with E-state index in [1.807, 2.05) is 19.1 Å². The van der Waals surface area contributed by atoms with Crippen molar-refractivity contribution in [2.45, 2.75) is 6.92 Å².